The summed E-state index contributed by atoms with van der Waals surface area (Å²) in [4.78, 5) is 14.2. The van der Waals surface area contributed by atoms with E-state index < -0.39 is 10.0 Å². The summed E-state index contributed by atoms with van der Waals surface area (Å²) in [6.45, 7) is 1.07. The van der Waals surface area contributed by atoms with Gasteiger partial charge in [-0.25, -0.2) is 13.1 Å². The summed E-state index contributed by atoms with van der Waals surface area (Å²) in [5.74, 6) is -0.0634. The summed E-state index contributed by atoms with van der Waals surface area (Å²) in [6.07, 6.45) is 6.28. The molecular weight excluding hydrogens is 280 g/mol. The lowest BCUT2D eigenvalue weighted by atomic mass is 9.99. The van der Waals surface area contributed by atoms with E-state index in [1.807, 2.05) is 4.90 Å². The van der Waals surface area contributed by atoms with Crippen molar-refractivity contribution < 1.29 is 13.2 Å². The summed E-state index contributed by atoms with van der Waals surface area (Å²) in [5.41, 5.74) is 0.480. The zero-order valence-corrected chi connectivity index (χ0v) is 12.3. The van der Waals surface area contributed by atoms with E-state index in [0.29, 0.717) is 25.2 Å². The van der Waals surface area contributed by atoms with Crippen molar-refractivity contribution in [1.29, 1.82) is 0 Å². The van der Waals surface area contributed by atoms with E-state index in [4.69, 9.17) is 0 Å². The third-order valence-corrected chi connectivity index (χ3v) is 4.19. The first-order chi connectivity index (χ1) is 9.47. The Morgan fingerprint density at radius 3 is 3.00 bits per heavy atom. The summed E-state index contributed by atoms with van der Waals surface area (Å²) >= 11 is 0. The van der Waals surface area contributed by atoms with E-state index in [-0.39, 0.29) is 11.9 Å². The molecule has 1 aromatic heterocycles. The molecule has 1 fully saturated rings. The second kappa shape index (κ2) is 6.36. The van der Waals surface area contributed by atoms with Crippen molar-refractivity contribution in [3.63, 3.8) is 0 Å². The number of piperidine rings is 1. The van der Waals surface area contributed by atoms with Gasteiger partial charge in [0.2, 0.25) is 10.0 Å². The summed E-state index contributed by atoms with van der Waals surface area (Å²) in [5, 5.41) is 6.48. The maximum atomic E-state index is 12.3. The summed E-state index contributed by atoms with van der Waals surface area (Å²) in [6, 6.07) is 1.73. The average molecular weight is 300 g/mol. The molecule has 0 bridgehead atoms. The molecular formula is C12H20N4O3S. The van der Waals surface area contributed by atoms with Crippen LogP contribution in [0.15, 0.2) is 12.3 Å². The predicted octanol–water partition coefficient (Wildman–Crippen LogP) is 0.344. The third-order valence-electron chi connectivity index (χ3n) is 3.46. The van der Waals surface area contributed by atoms with Gasteiger partial charge in [-0.1, -0.05) is 0 Å². The Morgan fingerprint density at radius 2 is 2.35 bits per heavy atom. The normalized spacial score (nSPS) is 20.1. The van der Waals surface area contributed by atoms with Gasteiger partial charge in [-0.05, 0) is 31.7 Å². The van der Waals surface area contributed by atoms with Crippen molar-refractivity contribution in [1.82, 2.24) is 19.8 Å². The molecule has 0 aromatic carbocycles. The Bertz CT molecular complexity index is 541. The molecule has 1 atom stereocenters. The number of nitrogens with zero attached hydrogens (tertiary/aromatic N) is 2. The molecule has 1 aromatic rings. The number of carbonyl (C=O) groups is 1. The van der Waals surface area contributed by atoms with Crippen LogP contribution in [0.4, 0.5) is 0 Å². The second-order valence-electron chi connectivity index (χ2n) is 5.07. The fourth-order valence-electron chi connectivity index (χ4n) is 2.51. The summed E-state index contributed by atoms with van der Waals surface area (Å²) < 4.78 is 24.6. The topological polar surface area (TPSA) is 95.2 Å². The number of nitrogens with one attached hydrogen (secondary N) is 2. The van der Waals surface area contributed by atoms with Crippen molar-refractivity contribution >= 4 is 15.9 Å². The molecule has 1 saturated heterocycles. The average Bonchev–Trinajstić information content (AvgIpc) is 2.91. The molecule has 0 saturated carbocycles. The molecule has 2 N–H and O–H groups in total. The van der Waals surface area contributed by atoms with Crippen LogP contribution in [0.5, 0.6) is 0 Å². The number of carbonyl (C=O) groups excluding carboxylic acids is 1. The zero-order chi connectivity index (χ0) is 14.6. The second-order valence-corrected chi connectivity index (χ2v) is 6.91. The lowest BCUT2D eigenvalue weighted by molar-refractivity contribution is 0.0598. The largest absolute Gasteiger partial charge is 0.334 e. The van der Waals surface area contributed by atoms with Crippen LogP contribution in [0.1, 0.15) is 36.2 Å². The minimum atomic E-state index is -3.18. The highest BCUT2D eigenvalue weighted by Crippen LogP contribution is 2.21. The Kier molecular flexibility index (Phi) is 4.77. The third kappa shape index (κ3) is 4.04. The number of hydrogen-bond acceptors (Lipinski definition) is 4. The van der Waals surface area contributed by atoms with Crippen LogP contribution in [0.3, 0.4) is 0 Å². The maximum Gasteiger partial charge on any atom is 0.272 e. The molecule has 1 amide bonds. The number of rotatable bonds is 5. The van der Waals surface area contributed by atoms with Gasteiger partial charge in [0.05, 0.1) is 6.26 Å². The molecule has 1 aliphatic heterocycles. The van der Waals surface area contributed by atoms with Crippen LogP contribution in [0.25, 0.3) is 0 Å². The van der Waals surface area contributed by atoms with E-state index >= 15 is 0 Å². The van der Waals surface area contributed by atoms with Crippen molar-refractivity contribution in [3.05, 3.63) is 18.0 Å². The molecule has 0 unspecified atom stereocenters. The van der Waals surface area contributed by atoms with E-state index in [0.717, 1.165) is 25.5 Å². The number of likely N-dealkylation sites (tertiary alicyclic amines) is 1. The molecule has 1 aliphatic rings. The summed E-state index contributed by atoms with van der Waals surface area (Å²) in [7, 11) is -3.18. The predicted molar refractivity (Wildman–Crippen MR) is 74.7 cm³/mol. The van der Waals surface area contributed by atoms with Gasteiger partial charge >= 0.3 is 0 Å². The minimum Gasteiger partial charge on any atom is -0.334 e. The Morgan fingerprint density at radius 1 is 1.55 bits per heavy atom. The number of aromatic amines is 1. The lowest BCUT2D eigenvalue weighted by Crippen LogP contribution is -2.45. The van der Waals surface area contributed by atoms with Gasteiger partial charge in [0, 0.05) is 25.3 Å². The molecule has 112 valence electrons. The minimum absolute atomic E-state index is 0.0634. The van der Waals surface area contributed by atoms with Crippen LogP contribution in [-0.2, 0) is 10.0 Å². The first-order valence-electron chi connectivity index (χ1n) is 6.72. The Labute approximate surface area is 118 Å². The smallest absolute Gasteiger partial charge is 0.272 e. The van der Waals surface area contributed by atoms with Gasteiger partial charge < -0.3 is 4.90 Å². The van der Waals surface area contributed by atoms with Crippen molar-refractivity contribution in [2.24, 2.45) is 0 Å². The zero-order valence-electron chi connectivity index (χ0n) is 11.5. The van der Waals surface area contributed by atoms with Crippen molar-refractivity contribution in [3.8, 4) is 0 Å². The van der Waals surface area contributed by atoms with E-state index in [1.165, 1.54) is 0 Å². The van der Waals surface area contributed by atoms with Crippen LogP contribution in [0, 0.1) is 0 Å². The number of amides is 1. The van der Waals surface area contributed by atoms with E-state index in [2.05, 4.69) is 14.9 Å². The molecule has 7 nitrogen and oxygen atoms in total. The fraction of sp³-hybridized carbons (Fsp3) is 0.667. The maximum absolute atomic E-state index is 12.3. The van der Waals surface area contributed by atoms with Gasteiger partial charge in [-0.15, -0.1) is 0 Å². The number of sulfonamides is 1. The monoisotopic (exact) mass is 300 g/mol. The van der Waals surface area contributed by atoms with Crippen molar-refractivity contribution in [2.75, 3.05) is 19.3 Å². The molecule has 2 heterocycles. The quantitative estimate of drug-likeness (QED) is 0.820. The van der Waals surface area contributed by atoms with Gasteiger partial charge in [-0.2, -0.15) is 5.10 Å². The SMILES string of the molecule is CS(=O)(=O)NCC[C@@H]1CCCCN1C(=O)c1ccn[nH]1. The first kappa shape index (κ1) is 15.0. The molecule has 20 heavy (non-hydrogen) atoms. The van der Waals surface area contributed by atoms with Crippen LogP contribution in [-0.4, -0.2) is 54.8 Å². The molecule has 0 radical (unpaired) electrons. The van der Waals surface area contributed by atoms with Crippen LogP contribution in [0.2, 0.25) is 0 Å². The van der Waals surface area contributed by atoms with Gasteiger partial charge in [0.15, 0.2) is 0 Å². The standard InChI is InChI=1S/C12H20N4O3S/c1-20(18,19)14-8-5-10-4-2-3-9-16(10)12(17)11-6-7-13-15-11/h6-7,10,14H,2-5,8-9H2,1H3,(H,13,15)/t10-/m0/s1. The van der Waals surface area contributed by atoms with Crippen LogP contribution >= 0.6 is 0 Å². The highest BCUT2D eigenvalue weighted by Gasteiger charge is 2.27. The van der Waals surface area contributed by atoms with Gasteiger partial charge in [-0.3, -0.25) is 9.89 Å². The molecule has 0 spiro atoms. The molecule has 0 aliphatic carbocycles. The number of H-pyrrole nitrogens is 1. The Balaban J connectivity index is 1.96. The number of aromatic nitrogens is 2. The van der Waals surface area contributed by atoms with Gasteiger partial charge in [0.25, 0.3) is 5.91 Å². The lowest BCUT2D eigenvalue weighted by Gasteiger charge is -2.35. The molecule has 2 rings (SSSR count). The van der Waals surface area contributed by atoms with Crippen LogP contribution < -0.4 is 4.72 Å². The van der Waals surface area contributed by atoms with Gasteiger partial charge in [0.1, 0.15) is 5.69 Å². The number of hydrogen-bond donors (Lipinski definition) is 2. The van der Waals surface area contributed by atoms with E-state index in [1.54, 1.807) is 12.3 Å². The van der Waals surface area contributed by atoms with Crippen molar-refractivity contribution in [2.45, 2.75) is 31.7 Å². The highest BCUT2D eigenvalue weighted by molar-refractivity contribution is 7.88. The Hall–Kier alpha value is -1.41. The molecule has 8 heteroatoms. The fourth-order valence-corrected chi connectivity index (χ4v) is 3.00. The van der Waals surface area contributed by atoms with E-state index in [9.17, 15) is 13.2 Å². The first-order valence-corrected chi connectivity index (χ1v) is 8.61. The highest BCUT2D eigenvalue weighted by atomic mass is 32.2.